The monoisotopic (exact) mass is 211 g/mol. The lowest BCUT2D eigenvalue weighted by molar-refractivity contribution is 0.0568. The van der Waals surface area contributed by atoms with Crippen molar-refractivity contribution in [1.82, 2.24) is 9.97 Å². The second kappa shape index (κ2) is 4.72. The fraction of sp³-hybridized carbons (Fsp3) is 0.556. The Balaban J connectivity index is 2.03. The van der Waals surface area contributed by atoms with Crippen LogP contribution in [0.1, 0.15) is 11.6 Å². The highest BCUT2D eigenvalue weighted by atomic mass is 32.2. The first kappa shape index (κ1) is 9.89. The van der Waals surface area contributed by atoms with Crippen molar-refractivity contribution in [2.75, 3.05) is 18.1 Å². The summed E-state index contributed by atoms with van der Waals surface area (Å²) in [5.41, 5.74) is 7.00. The zero-order valence-electron chi connectivity index (χ0n) is 7.80. The van der Waals surface area contributed by atoms with Crippen LogP contribution < -0.4 is 5.73 Å². The number of rotatable bonds is 2. The maximum absolute atomic E-state index is 6.05. The van der Waals surface area contributed by atoms with E-state index in [9.17, 15) is 0 Å². The van der Waals surface area contributed by atoms with Crippen molar-refractivity contribution in [3.63, 3.8) is 0 Å². The number of thioether (sulfide) groups is 1. The van der Waals surface area contributed by atoms with Crippen LogP contribution in [0.2, 0.25) is 0 Å². The van der Waals surface area contributed by atoms with Gasteiger partial charge in [0.1, 0.15) is 6.33 Å². The molecule has 1 aromatic heterocycles. The summed E-state index contributed by atoms with van der Waals surface area (Å²) in [5.74, 6) is 2.02. The zero-order valence-corrected chi connectivity index (χ0v) is 8.61. The molecule has 0 aliphatic carbocycles. The summed E-state index contributed by atoms with van der Waals surface area (Å²) in [6, 6.07) is -0.107. The molecule has 2 heterocycles. The summed E-state index contributed by atoms with van der Waals surface area (Å²) >= 11 is 1.88. The molecule has 2 rings (SSSR count). The maximum atomic E-state index is 6.05. The molecule has 1 fully saturated rings. The maximum Gasteiger partial charge on any atom is 0.115 e. The van der Waals surface area contributed by atoms with Crippen LogP contribution in [0, 0.1) is 0 Å². The highest BCUT2D eigenvalue weighted by Gasteiger charge is 2.23. The van der Waals surface area contributed by atoms with Gasteiger partial charge in [-0.25, -0.2) is 9.97 Å². The molecule has 0 saturated carbocycles. The Morgan fingerprint density at radius 3 is 2.93 bits per heavy atom. The van der Waals surface area contributed by atoms with Gasteiger partial charge < -0.3 is 10.5 Å². The summed E-state index contributed by atoms with van der Waals surface area (Å²) in [6.07, 6.45) is 5.10. The predicted molar refractivity (Wildman–Crippen MR) is 56.0 cm³/mol. The smallest absolute Gasteiger partial charge is 0.115 e. The summed E-state index contributed by atoms with van der Waals surface area (Å²) in [7, 11) is 0. The Labute approximate surface area is 87.3 Å². The number of nitrogens with two attached hydrogens (primary N) is 1. The van der Waals surface area contributed by atoms with E-state index in [0.29, 0.717) is 0 Å². The van der Waals surface area contributed by atoms with Crippen LogP contribution in [-0.4, -0.2) is 34.2 Å². The Morgan fingerprint density at radius 1 is 1.50 bits per heavy atom. The largest absolute Gasteiger partial charge is 0.375 e. The molecule has 14 heavy (non-hydrogen) atoms. The number of hydrogen-bond donors (Lipinski definition) is 1. The van der Waals surface area contributed by atoms with Gasteiger partial charge in [0.25, 0.3) is 0 Å². The Kier molecular flexibility index (Phi) is 3.34. The Morgan fingerprint density at radius 2 is 2.29 bits per heavy atom. The molecule has 2 atom stereocenters. The van der Waals surface area contributed by atoms with Gasteiger partial charge in [-0.2, -0.15) is 11.8 Å². The third-order valence-corrected chi connectivity index (χ3v) is 3.23. The normalized spacial score (nSPS) is 24.5. The average Bonchev–Trinajstić information content (AvgIpc) is 2.30. The summed E-state index contributed by atoms with van der Waals surface area (Å²) < 4.78 is 5.59. The van der Waals surface area contributed by atoms with E-state index in [2.05, 4.69) is 9.97 Å². The molecule has 0 aromatic carbocycles. The van der Waals surface area contributed by atoms with Crippen LogP contribution in [0.4, 0.5) is 0 Å². The SMILES string of the molecule is NC(c1cncnc1)C1CSCCO1. The molecule has 1 saturated heterocycles. The van der Waals surface area contributed by atoms with E-state index in [0.717, 1.165) is 23.7 Å². The number of aromatic nitrogens is 2. The van der Waals surface area contributed by atoms with Gasteiger partial charge in [-0.1, -0.05) is 0 Å². The van der Waals surface area contributed by atoms with Gasteiger partial charge in [0.2, 0.25) is 0 Å². The minimum Gasteiger partial charge on any atom is -0.375 e. The first-order valence-electron chi connectivity index (χ1n) is 4.58. The minimum atomic E-state index is -0.107. The van der Waals surface area contributed by atoms with Crippen LogP contribution in [0.25, 0.3) is 0 Å². The first-order chi connectivity index (χ1) is 6.88. The highest BCUT2D eigenvalue weighted by Crippen LogP contribution is 2.22. The number of ether oxygens (including phenoxy) is 1. The van der Waals surface area contributed by atoms with E-state index in [1.807, 2.05) is 11.8 Å². The van der Waals surface area contributed by atoms with E-state index in [4.69, 9.17) is 10.5 Å². The fourth-order valence-electron chi connectivity index (χ4n) is 1.41. The lowest BCUT2D eigenvalue weighted by Crippen LogP contribution is -2.34. The van der Waals surface area contributed by atoms with Gasteiger partial charge in [0.15, 0.2) is 0 Å². The lowest BCUT2D eigenvalue weighted by Gasteiger charge is -2.27. The molecule has 2 unspecified atom stereocenters. The average molecular weight is 211 g/mol. The third-order valence-electron chi connectivity index (χ3n) is 2.21. The van der Waals surface area contributed by atoms with Crippen molar-refractivity contribution in [2.45, 2.75) is 12.1 Å². The van der Waals surface area contributed by atoms with E-state index in [1.54, 1.807) is 12.4 Å². The van der Waals surface area contributed by atoms with E-state index >= 15 is 0 Å². The topological polar surface area (TPSA) is 61.0 Å². The van der Waals surface area contributed by atoms with Crippen molar-refractivity contribution in [3.8, 4) is 0 Å². The molecule has 1 aromatic rings. The Hall–Kier alpha value is -0.650. The zero-order chi connectivity index (χ0) is 9.80. The standard InChI is InChI=1S/C9H13N3OS/c10-9(7-3-11-6-12-4-7)8-5-14-2-1-13-8/h3-4,6,8-9H,1-2,5,10H2. The van der Waals surface area contributed by atoms with Crippen LogP contribution in [0.5, 0.6) is 0 Å². The summed E-state index contributed by atoms with van der Waals surface area (Å²) in [5, 5.41) is 0. The quantitative estimate of drug-likeness (QED) is 0.776. The molecule has 1 aliphatic heterocycles. The molecular weight excluding hydrogens is 198 g/mol. The van der Waals surface area contributed by atoms with E-state index in [-0.39, 0.29) is 12.1 Å². The fourth-order valence-corrected chi connectivity index (χ4v) is 2.33. The molecule has 1 aliphatic rings. The summed E-state index contributed by atoms with van der Waals surface area (Å²) in [6.45, 7) is 0.788. The van der Waals surface area contributed by atoms with Crippen molar-refractivity contribution < 1.29 is 4.74 Å². The van der Waals surface area contributed by atoms with Gasteiger partial charge in [-0.3, -0.25) is 0 Å². The van der Waals surface area contributed by atoms with Crippen molar-refractivity contribution in [3.05, 3.63) is 24.3 Å². The lowest BCUT2D eigenvalue weighted by atomic mass is 10.1. The van der Waals surface area contributed by atoms with Crippen molar-refractivity contribution in [2.24, 2.45) is 5.73 Å². The second-order valence-electron chi connectivity index (χ2n) is 3.18. The molecular formula is C9H13N3OS. The molecule has 0 amide bonds. The first-order valence-corrected chi connectivity index (χ1v) is 5.73. The molecule has 4 nitrogen and oxygen atoms in total. The van der Waals surface area contributed by atoms with Gasteiger partial charge >= 0.3 is 0 Å². The van der Waals surface area contributed by atoms with Crippen LogP contribution in [-0.2, 0) is 4.74 Å². The number of nitrogens with zero attached hydrogens (tertiary/aromatic N) is 2. The molecule has 2 N–H and O–H groups in total. The highest BCUT2D eigenvalue weighted by molar-refractivity contribution is 7.99. The predicted octanol–water partition coefficient (Wildman–Crippen LogP) is 0.608. The summed E-state index contributed by atoms with van der Waals surface area (Å²) in [4.78, 5) is 7.89. The Bertz CT molecular complexity index is 277. The van der Waals surface area contributed by atoms with Gasteiger partial charge in [0.05, 0.1) is 18.8 Å². The van der Waals surface area contributed by atoms with Gasteiger partial charge in [-0.05, 0) is 0 Å². The number of hydrogen-bond acceptors (Lipinski definition) is 5. The van der Waals surface area contributed by atoms with Crippen LogP contribution >= 0.6 is 11.8 Å². The van der Waals surface area contributed by atoms with Crippen molar-refractivity contribution in [1.29, 1.82) is 0 Å². The molecule has 0 radical (unpaired) electrons. The van der Waals surface area contributed by atoms with Crippen LogP contribution in [0.3, 0.4) is 0 Å². The molecule has 0 bridgehead atoms. The van der Waals surface area contributed by atoms with Gasteiger partial charge in [0, 0.05) is 29.5 Å². The minimum absolute atomic E-state index is 0.0970. The molecule has 5 heteroatoms. The molecule has 76 valence electrons. The van der Waals surface area contributed by atoms with E-state index < -0.39 is 0 Å². The van der Waals surface area contributed by atoms with Crippen LogP contribution in [0.15, 0.2) is 18.7 Å². The second-order valence-corrected chi connectivity index (χ2v) is 4.33. The van der Waals surface area contributed by atoms with E-state index in [1.165, 1.54) is 6.33 Å². The third kappa shape index (κ3) is 2.23. The molecule has 0 spiro atoms. The van der Waals surface area contributed by atoms with Crippen molar-refractivity contribution >= 4 is 11.8 Å². The van der Waals surface area contributed by atoms with Gasteiger partial charge in [-0.15, -0.1) is 0 Å².